The Bertz CT molecular complexity index is 703. The van der Waals surface area contributed by atoms with Gasteiger partial charge in [0.2, 0.25) is 0 Å². The molecule has 0 bridgehead atoms. The minimum atomic E-state index is -0.362. The maximum Gasteiger partial charge on any atom is 0.332 e. The third-order valence-corrected chi connectivity index (χ3v) is 2.76. The summed E-state index contributed by atoms with van der Waals surface area (Å²) in [6, 6.07) is 0. The standard InChI is InChI=1S/C11H14N4O2/c1-4-5-6-15-7-12-9-8(15)10(16)14(3)11(17)13(9)2/h4-5,7H,6H2,1-3H3/b5-4+. The fourth-order valence-electron chi connectivity index (χ4n) is 1.75. The fraction of sp³-hybridized carbons (Fsp3) is 0.364. The van der Waals surface area contributed by atoms with E-state index in [0.29, 0.717) is 17.7 Å². The number of aromatic nitrogens is 4. The number of nitrogens with zero attached hydrogens (tertiary/aromatic N) is 4. The van der Waals surface area contributed by atoms with Crippen molar-refractivity contribution in [3.05, 3.63) is 39.3 Å². The Morgan fingerprint density at radius 2 is 2.00 bits per heavy atom. The minimum absolute atomic E-state index is 0.315. The van der Waals surface area contributed by atoms with E-state index in [9.17, 15) is 9.59 Å². The molecule has 6 heteroatoms. The molecule has 0 aliphatic carbocycles. The Balaban J connectivity index is 2.86. The number of hydrogen-bond acceptors (Lipinski definition) is 3. The predicted molar refractivity (Wildman–Crippen MR) is 65.0 cm³/mol. The fourth-order valence-corrected chi connectivity index (χ4v) is 1.75. The van der Waals surface area contributed by atoms with E-state index in [4.69, 9.17) is 0 Å². The van der Waals surface area contributed by atoms with Crippen molar-refractivity contribution in [3.63, 3.8) is 0 Å². The molecule has 0 aromatic carbocycles. The topological polar surface area (TPSA) is 61.8 Å². The van der Waals surface area contributed by atoms with Crippen molar-refractivity contribution in [2.45, 2.75) is 13.5 Å². The van der Waals surface area contributed by atoms with E-state index in [-0.39, 0.29) is 11.2 Å². The molecule has 0 saturated heterocycles. The summed E-state index contributed by atoms with van der Waals surface area (Å²) in [5.41, 5.74) is 0.194. The molecule has 90 valence electrons. The average molecular weight is 234 g/mol. The van der Waals surface area contributed by atoms with Crippen molar-refractivity contribution in [2.24, 2.45) is 14.1 Å². The van der Waals surface area contributed by atoms with Gasteiger partial charge in [-0.2, -0.15) is 0 Å². The highest BCUT2D eigenvalue weighted by molar-refractivity contribution is 5.69. The number of imidazole rings is 1. The lowest BCUT2D eigenvalue weighted by Crippen LogP contribution is -2.37. The maximum absolute atomic E-state index is 12.0. The summed E-state index contributed by atoms with van der Waals surface area (Å²) in [5.74, 6) is 0. The van der Waals surface area contributed by atoms with Crippen LogP contribution in [0.5, 0.6) is 0 Å². The zero-order chi connectivity index (χ0) is 12.6. The molecule has 2 aromatic heterocycles. The lowest BCUT2D eigenvalue weighted by molar-refractivity contribution is 0.703. The smallest absolute Gasteiger partial charge is 0.321 e. The number of aryl methyl sites for hydroxylation is 1. The third-order valence-electron chi connectivity index (χ3n) is 2.76. The quantitative estimate of drug-likeness (QED) is 0.688. The zero-order valence-electron chi connectivity index (χ0n) is 10.0. The molecule has 0 N–H and O–H groups in total. The zero-order valence-corrected chi connectivity index (χ0v) is 10.0. The summed E-state index contributed by atoms with van der Waals surface area (Å²) in [6.45, 7) is 2.48. The van der Waals surface area contributed by atoms with Gasteiger partial charge in [0.05, 0.1) is 6.33 Å². The van der Waals surface area contributed by atoms with Crippen LogP contribution < -0.4 is 11.2 Å². The van der Waals surface area contributed by atoms with Crippen LogP contribution >= 0.6 is 0 Å². The maximum atomic E-state index is 12.0. The van der Waals surface area contributed by atoms with Crippen molar-refractivity contribution in [1.29, 1.82) is 0 Å². The van der Waals surface area contributed by atoms with Gasteiger partial charge in [-0.3, -0.25) is 13.9 Å². The second-order valence-corrected chi connectivity index (χ2v) is 3.84. The van der Waals surface area contributed by atoms with Gasteiger partial charge in [0.25, 0.3) is 5.56 Å². The average Bonchev–Trinajstić information content (AvgIpc) is 2.75. The first kappa shape index (κ1) is 11.4. The van der Waals surface area contributed by atoms with Gasteiger partial charge >= 0.3 is 5.69 Å². The van der Waals surface area contributed by atoms with Crippen LogP contribution in [0, 0.1) is 0 Å². The van der Waals surface area contributed by atoms with Gasteiger partial charge in [0, 0.05) is 20.6 Å². The van der Waals surface area contributed by atoms with Gasteiger partial charge in [-0.05, 0) is 6.92 Å². The molecule has 2 heterocycles. The highest BCUT2D eigenvalue weighted by atomic mass is 16.2. The second kappa shape index (κ2) is 4.04. The highest BCUT2D eigenvalue weighted by Gasteiger charge is 2.13. The number of allylic oxidation sites excluding steroid dienone is 2. The summed E-state index contributed by atoms with van der Waals surface area (Å²) < 4.78 is 4.20. The van der Waals surface area contributed by atoms with E-state index in [1.807, 2.05) is 19.1 Å². The van der Waals surface area contributed by atoms with Gasteiger partial charge in [-0.15, -0.1) is 0 Å². The third kappa shape index (κ3) is 1.61. The first-order chi connectivity index (χ1) is 8.07. The van der Waals surface area contributed by atoms with Crippen LogP contribution in [0.2, 0.25) is 0 Å². The largest absolute Gasteiger partial charge is 0.332 e. The molecule has 0 radical (unpaired) electrons. The first-order valence-electron chi connectivity index (χ1n) is 5.30. The molecule has 2 rings (SSSR count). The van der Waals surface area contributed by atoms with E-state index < -0.39 is 0 Å². The van der Waals surface area contributed by atoms with Crippen LogP contribution in [0.3, 0.4) is 0 Å². The van der Waals surface area contributed by atoms with Crippen molar-refractivity contribution in [1.82, 2.24) is 18.7 Å². The Labute approximate surface area is 97.4 Å². The van der Waals surface area contributed by atoms with E-state index in [1.165, 1.54) is 11.6 Å². The Morgan fingerprint density at radius 1 is 1.29 bits per heavy atom. The van der Waals surface area contributed by atoms with Gasteiger partial charge in [0.15, 0.2) is 11.2 Å². The molecule has 17 heavy (non-hydrogen) atoms. The normalized spacial score (nSPS) is 11.7. The van der Waals surface area contributed by atoms with E-state index in [0.717, 1.165) is 4.57 Å². The van der Waals surface area contributed by atoms with Crippen LogP contribution in [-0.4, -0.2) is 18.7 Å². The molecule has 0 aliphatic rings. The molecule has 0 spiro atoms. The van der Waals surface area contributed by atoms with Crippen LogP contribution in [-0.2, 0) is 20.6 Å². The number of rotatable bonds is 2. The molecule has 0 amide bonds. The lowest BCUT2D eigenvalue weighted by atomic mass is 10.4. The first-order valence-corrected chi connectivity index (χ1v) is 5.30. The summed E-state index contributed by atoms with van der Waals surface area (Å²) >= 11 is 0. The van der Waals surface area contributed by atoms with E-state index in [2.05, 4.69) is 4.98 Å². The molecule has 0 fully saturated rings. The van der Waals surface area contributed by atoms with Crippen molar-refractivity contribution in [3.8, 4) is 0 Å². The molecule has 0 unspecified atom stereocenters. The molecular formula is C11H14N4O2. The summed E-state index contributed by atoms with van der Waals surface area (Å²) in [4.78, 5) is 27.8. The number of hydrogen-bond donors (Lipinski definition) is 0. The van der Waals surface area contributed by atoms with Gasteiger partial charge in [-0.1, -0.05) is 12.2 Å². The van der Waals surface area contributed by atoms with Crippen LogP contribution in [0.1, 0.15) is 6.92 Å². The minimum Gasteiger partial charge on any atom is -0.321 e. The van der Waals surface area contributed by atoms with Gasteiger partial charge < -0.3 is 4.57 Å². The predicted octanol–water partition coefficient (Wildman–Crippen LogP) is 0.00980. The molecule has 2 aromatic rings. The summed E-state index contributed by atoms with van der Waals surface area (Å²) in [7, 11) is 3.08. The molecule has 6 nitrogen and oxygen atoms in total. The van der Waals surface area contributed by atoms with E-state index in [1.54, 1.807) is 17.9 Å². The summed E-state index contributed by atoms with van der Waals surface area (Å²) in [6.07, 6.45) is 5.40. The van der Waals surface area contributed by atoms with Crippen LogP contribution in [0.4, 0.5) is 0 Å². The SMILES string of the molecule is C/C=C/Cn1cnc2c1c(=O)n(C)c(=O)n2C. The molecule has 0 atom stereocenters. The van der Waals surface area contributed by atoms with Gasteiger partial charge in [-0.25, -0.2) is 9.78 Å². The molecular weight excluding hydrogens is 220 g/mol. The Morgan fingerprint density at radius 3 is 2.65 bits per heavy atom. The molecule has 0 aliphatic heterocycles. The van der Waals surface area contributed by atoms with Crippen LogP contribution in [0.15, 0.2) is 28.1 Å². The number of fused-ring (bicyclic) bond motifs is 1. The second-order valence-electron chi connectivity index (χ2n) is 3.84. The van der Waals surface area contributed by atoms with Crippen molar-refractivity contribution in [2.75, 3.05) is 0 Å². The lowest BCUT2D eigenvalue weighted by Gasteiger charge is -2.04. The summed E-state index contributed by atoms with van der Waals surface area (Å²) in [5, 5.41) is 0. The van der Waals surface area contributed by atoms with Crippen molar-refractivity contribution < 1.29 is 0 Å². The van der Waals surface area contributed by atoms with Crippen molar-refractivity contribution >= 4 is 11.2 Å². The Kier molecular flexibility index (Phi) is 2.71. The van der Waals surface area contributed by atoms with E-state index >= 15 is 0 Å². The highest BCUT2D eigenvalue weighted by Crippen LogP contribution is 2.05. The monoisotopic (exact) mass is 234 g/mol. The van der Waals surface area contributed by atoms with Crippen LogP contribution in [0.25, 0.3) is 11.2 Å². The molecule has 0 saturated carbocycles. The van der Waals surface area contributed by atoms with Gasteiger partial charge in [0.1, 0.15) is 0 Å². The Hall–Kier alpha value is -2.11.